The van der Waals surface area contributed by atoms with Crippen LogP contribution in [0.3, 0.4) is 0 Å². The molecule has 2 rings (SSSR count). The molecule has 1 aliphatic carbocycles. The molecule has 1 aromatic rings. The third-order valence-electron chi connectivity index (χ3n) is 3.31. The fraction of sp³-hybridized carbons (Fsp3) is 0.733. The fourth-order valence-electron chi connectivity index (χ4n) is 2.37. The molecule has 1 heterocycles. The standard InChI is InChI=1S/C13H18F2N2O.C2H6/c1-8-7-12(17-9(2)16-8)18-11-5-3-10(4-6-11)13(14)15;1-2/h7,10-11,13H,3-6H2,1-2H3;1-2H3. The molecule has 0 spiro atoms. The van der Waals surface area contributed by atoms with E-state index in [1.807, 2.05) is 27.7 Å². The van der Waals surface area contributed by atoms with Gasteiger partial charge in [0.25, 0.3) is 0 Å². The van der Waals surface area contributed by atoms with Gasteiger partial charge in [-0.25, -0.2) is 13.8 Å². The maximum Gasteiger partial charge on any atom is 0.241 e. The van der Waals surface area contributed by atoms with Gasteiger partial charge in [0, 0.05) is 17.7 Å². The van der Waals surface area contributed by atoms with E-state index in [0.717, 1.165) is 5.69 Å². The van der Waals surface area contributed by atoms with Crippen LogP contribution in [0, 0.1) is 19.8 Å². The van der Waals surface area contributed by atoms with Crippen molar-refractivity contribution >= 4 is 0 Å². The van der Waals surface area contributed by atoms with Crippen LogP contribution in [-0.4, -0.2) is 22.5 Å². The van der Waals surface area contributed by atoms with Gasteiger partial charge in [-0.15, -0.1) is 0 Å². The molecule has 1 fully saturated rings. The molecule has 0 saturated heterocycles. The van der Waals surface area contributed by atoms with Crippen LogP contribution in [0.5, 0.6) is 5.88 Å². The third-order valence-corrected chi connectivity index (χ3v) is 3.31. The monoisotopic (exact) mass is 286 g/mol. The lowest BCUT2D eigenvalue weighted by Crippen LogP contribution is -2.27. The second-order valence-corrected chi connectivity index (χ2v) is 4.88. The quantitative estimate of drug-likeness (QED) is 0.830. The molecule has 5 heteroatoms. The van der Waals surface area contributed by atoms with Gasteiger partial charge in [0.1, 0.15) is 11.9 Å². The van der Waals surface area contributed by atoms with E-state index in [4.69, 9.17) is 4.74 Å². The number of hydrogen-bond acceptors (Lipinski definition) is 3. The maximum atomic E-state index is 12.5. The van der Waals surface area contributed by atoms with Gasteiger partial charge < -0.3 is 4.74 Å². The molecule has 114 valence electrons. The summed E-state index contributed by atoms with van der Waals surface area (Å²) in [6.07, 6.45) is 0.230. The van der Waals surface area contributed by atoms with Crippen LogP contribution >= 0.6 is 0 Å². The Balaban J connectivity index is 0.000000956. The number of hydrogen-bond donors (Lipinski definition) is 0. The highest BCUT2D eigenvalue weighted by Gasteiger charge is 2.28. The van der Waals surface area contributed by atoms with Crippen LogP contribution in [0.4, 0.5) is 8.78 Å². The summed E-state index contributed by atoms with van der Waals surface area (Å²) in [7, 11) is 0. The molecule has 0 bridgehead atoms. The first-order chi connectivity index (χ1) is 9.54. The molecule has 0 unspecified atom stereocenters. The fourth-order valence-corrected chi connectivity index (χ4v) is 2.37. The summed E-state index contributed by atoms with van der Waals surface area (Å²) >= 11 is 0. The van der Waals surface area contributed by atoms with Gasteiger partial charge in [-0.3, -0.25) is 0 Å². The highest BCUT2D eigenvalue weighted by atomic mass is 19.3. The van der Waals surface area contributed by atoms with Crippen LogP contribution in [0.25, 0.3) is 0 Å². The van der Waals surface area contributed by atoms with Crippen LogP contribution in [0.2, 0.25) is 0 Å². The van der Waals surface area contributed by atoms with Crippen molar-refractivity contribution in [2.45, 2.75) is 65.9 Å². The number of alkyl halides is 2. The lowest BCUT2D eigenvalue weighted by Gasteiger charge is -2.28. The number of ether oxygens (including phenoxy) is 1. The van der Waals surface area contributed by atoms with Gasteiger partial charge in [0.05, 0.1) is 0 Å². The van der Waals surface area contributed by atoms with Crippen molar-refractivity contribution in [2.24, 2.45) is 5.92 Å². The van der Waals surface area contributed by atoms with Gasteiger partial charge in [-0.2, -0.15) is 4.98 Å². The zero-order chi connectivity index (χ0) is 15.1. The van der Waals surface area contributed by atoms with E-state index in [1.54, 1.807) is 6.07 Å². The minimum Gasteiger partial charge on any atom is -0.474 e. The number of aromatic nitrogens is 2. The normalized spacial score (nSPS) is 22.1. The molecule has 1 saturated carbocycles. The zero-order valence-corrected chi connectivity index (χ0v) is 12.7. The smallest absolute Gasteiger partial charge is 0.241 e. The summed E-state index contributed by atoms with van der Waals surface area (Å²) in [5.41, 5.74) is 0.860. The molecular formula is C15H24F2N2O. The summed E-state index contributed by atoms with van der Waals surface area (Å²) in [6.45, 7) is 7.70. The zero-order valence-electron chi connectivity index (χ0n) is 12.7. The van der Waals surface area contributed by atoms with E-state index < -0.39 is 12.3 Å². The second kappa shape index (κ2) is 8.12. The Morgan fingerprint density at radius 3 is 2.20 bits per heavy atom. The Hall–Kier alpha value is -1.26. The van der Waals surface area contributed by atoms with Crippen LogP contribution in [0.1, 0.15) is 51.0 Å². The minimum absolute atomic E-state index is 0.00806. The summed E-state index contributed by atoms with van der Waals surface area (Å²) in [5, 5.41) is 0. The summed E-state index contributed by atoms with van der Waals surface area (Å²) < 4.78 is 30.8. The topological polar surface area (TPSA) is 35.0 Å². The molecule has 0 amide bonds. The van der Waals surface area contributed by atoms with Crippen molar-refractivity contribution in [1.29, 1.82) is 0 Å². The van der Waals surface area contributed by atoms with Gasteiger partial charge in [-0.1, -0.05) is 13.8 Å². The van der Waals surface area contributed by atoms with E-state index in [-0.39, 0.29) is 6.10 Å². The summed E-state index contributed by atoms with van der Waals surface area (Å²) in [4.78, 5) is 8.37. The largest absolute Gasteiger partial charge is 0.474 e. The van der Waals surface area contributed by atoms with Crippen molar-refractivity contribution in [3.63, 3.8) is 0 Å². The Morgan fingerprint density at radius 1 is 1.10 bits per heavy atom. The van der Waals surface area contributed by atoms with Crippen molar-refractivity contribution < 1.29 is 13.5 Å². The molecular weight excluding hydrogens is 262 g/mol. The number of aryl methyl sites for hydroxylation is 2. The number of halogens is 2. The first-order valence-corrected chi connectivity index (χ1v) is 7.31. The molecule has 0 aliphatic heterocycles. The molecule has 20 heavy (non-hydrogen) atoms. The SMILES string of the molecule is CC.Cc1cc(OC2CCC(C(F)F)CC2)nc(C)n1. The van der Waals surface area contributed by atoms with Crippen molar-refractivity contribution in [2.75, 3.05) is 0 Å². The number of nitrogens with zero attached hydrogens (tertiary/aromatic N) is 2. The van der Waals surface area contributed by atoms with Crippen LogP contribution < -0.4 is 4.74 Å². The Kier molecular flexibility index (Phi) is 6.82. The predicted molar refractivity (Wildman–Crippen MR) is 75.2 cm³/mol. The van der Waals surface area contributed by atoms with Crippen molar-refractivity contribution in [3.05, 3.63) is 17.6 Å². The third kappa shape index (κ3) is 5.02. The Morgan fingerprint density at radius 2 is 1.70 bits per heavy atom. The van der Waals surface area contributed by atoms with E-state index >= 15 is 0 Å². The van der Waals surface area contributed by atoms with E-state index in [0.29, 0.717) is 37.4 Å². The molecule has 0 N–H and O–H groups in total. The Bertz CT molecular complexity index is 385. The summed E-state index contributed by atoms with van der Waals surface area (Å²) in [5.74, 6) is 0.769. The van der Waals surface area contributed by atoms with E-state index in [2.05, 4.69) is 9.97 Å². The van der Waals surface area contributed by atoms with E-state index in [1.165, 1.54) is 0 Å². The van der Waals surface area contributed by atoms with E-state index in [9.17, 15) is 8.78 Å². The van der Waals surface area contributed by atoms with Crippen LogP contribution in [0.15, 0.2) is 6.07 Å². The average Bonchev–Trinajstić information content (AvgIpc) is 2.40. The molecule has 0 aromatic carbocycles. The molecule has 3 nitrogen and oxygen atoms in total. The van der Waals surface area contributed by atoms with Crippen molar-refractivity contribution in [1.82, 2.24) is 9.97 Å². The highest BCUT2D eigenvalue weighted by Crippen LogP contribution is 2.31. The second-order valence-electron chi connectivity index (χ2n) is 4.88. The first kappa shape index (κ1) is 16.8. The van der Waals surface area contributed by atoms with Gasteiger partial charge in [0.2, 0.25) is 12.3 Å². The average molecular weight is 286 g/mol. The highest BCUT2D eigenvalue weighted by molar-refractivity contribution is 5.15. The number of rotatable bonds is 3. The van der Waals surface area contributed by atoms with Crippen LogP contribution in [-0.2, 0) is 0 Å². The summed E-state index contributed by atoms with van der Waals surface area (Å²) in [6, 6.07) is 1.78. The predicted octanol–water partition coefficient (Wildman–Crippen LogP) is 4.32. The molecule has 1 aromatic heterocycles. The lowest BCUT2D eigenvalue weighted by molar-refractivity contribution is 0.0282. The minimum atomic E-state index is -2.20. The maximum absolute atomic E-state index is 12.5. The Labute approximate surface area is 119 Å². The molecule has 0 radical (unpaired) electrons. The molecule has 0 atom stereocenters. The van der Waals surface area contributed by atoms with Crippen molar-refractivity contribution in [3.8, 4) is 5.88 Å². The van der Waals surface area contributed by atoms with Gasteiger partial charge in [-0.05, 0) is 39.5 Å². The van der Waals surface area contributed by atoms with Gasteiger partial charge in [0.15, 0.2) is 0 Å². The first-order valence-electron chi connectivity index (χ1n) is 7.31. The molecule has 1 aliphatic rings. The van der Waals surface area contributed by atoms with Gasteiger partial charge >= 0.3 is 0 Å². The lowest BCUT2D eigenvalue weighted by atomic mass is 9.88.